The molecule has 0 unspecified atom stereocenters. The highest BCUT2D eigenvalue weighted by molar-refractivity contribution is 6.42. The number of aromatic nitrogens is 1. The highest BCUT2D eigenvalue weighted by atomic mass is 35.5. The van der Waals surface area contributed by atoms with Gasteiger partial charge in [-0.05, 0) is 24.3 Å². The Balaban J connectivity index is 2.27. The van der Waals surface area contributed by atoms with E-state index >= 15 is 0 Å². The smallest absolute Gasteiger partial charge is 0.258 e. The largest absolute Gasteiger partial charge is 0.320 e. The van der Waals surface area contributed by atoms with Crippen LogP contribution in [-0.2, 0) is 0 Å². The van der Waals surface area contributed by atoms with Gasteiger partial charge in [-0.2, -0.15) is 0 Å². The zero-order valence-corrected chi connectivity index (χ0v) is 10.5. The maximum atomic E-state index is 13.6. The molecule has 0 atom stereocenters. The van der Waals surface area contributed by atoms with E-state index in [1.165, 1.54) is 12.3 Å². The zero-order valence-electron chi connectivity index (χ0n) is 8.95. The Labute approximate surface area is 113 Å². The normalized spacial score (nSPS) is 10.2. The molecule has 1 amide bonds. The van der Waals surface area contributed by atoms with E-state index in [1.807, 2.05) is 0 Å². The van der Waals surface area contributed by atoms with Crippen molar-refractivity contribution in [3.63, 3.8) is 0 Å². The third kappa shape index (κ3) is 2.78. The molecule has 92 valence electrons. The number of halogens is 3. The molecule has 0 aliphatic heterocycles. The van der Waals surface area contributed by atoms with Gasteiger partial charge < -0.3 is 5.32 Å². The van der Waals surface area contributed by atoms with Gasteiger partial charge in [0.2, 0.25) is 0 Å². The van der Waals surface area contributed by atoms with E-state index in [1.54, 1.807) is 18.3 Å². The average Bonchev–Trinajstić information content (AvgIpc) is 2.35. The van der Waals surface area contributed by atoms with E-state index in [4.69, 9.17) is 23.2 Å². The summed E-state index contributed by atoms with van der Waals surface area (Å²) in [7, 11) is 0. The molecule has 3 nitrogen and oxygen atoms in total. The van der Waals surface area contributed by atoms with Gasteiger partial charge in [-0.3, -0.25) is 9.78 Å². The van der Waals surface area contributed by atoms with Gasteiger partial charge >= 0.3 is 0 Å². The number of benzene rings is 1. The number of hydrogen-bond acceptors (Lipinski definition) is 2. The monoisotopic (exact) mass is 284 g/mol. The molecule has 1 N–H and O–H groups in total. The molecule has 1 heterocycles. The van der Waals surface area contributed by atoms with Crippen LogP contribution in [0, 0.1) is 5.82 Å². The number of carbonyl (C=O) groups excluding carboxylic acids is 1. The molecule has 0 saturated carbocycles. The summed E-state index contributed by atoms with van der Waals surface area (Å²) in [5.41, 5.74) is 0.293. The predicted molar refractivity (Wildman–Crippen MR) is 68.6 cm³/mol. The van der Waals surface area contributed by atoms with Gasteiger partial charge in [0.15, 0.2) is 0 Å². The van der Waals surface area contributed by atoms with E-state index < -0.39 is 11.7 Å². The number of hydrogen-bond donors (Lipinski definition) is 1. The maximum Gasteiger partial charge on any atom is 0.258 e. The first-order valence-corrected chi connectivity index (χ1v) is 5.69. The summed E-state index contributed by atoms with van der Waals surface area (Å²) in [5, 5.41) is 2.68. The third-order valence-electron chi connectivity index (χ3n) is 2.17. The molecule has 0 aliphatic rings. The average molecular weight is 285 g/mol. The Hall–Kier alpha value is -1.65. The molecule has 1 aromatic heterocycles. The standard InChI is InChI=1S/C12H7Cl2FN2O/c13-9-4-8(11(15)5-10(9)14)12(18)17-7-2-1-3-16-6-7/h1-6H,(H,17,18). The summed E-state index contributed by atoms with van der Waals surface area (Å²) >= 11 is 11.4. The van der Waals surface area contributed by atoms with Crippen LogP contribution in [0.15, 0.2) is 36.7 Å². The van der Waals surface area contributed by atoms with Gasteiger partial charge in [0, 0.05) is 6.20 Å². The number of anilines is 1. The number of carbonyl (C=O) groups is 1. The number of pyridine rings is 1. The number of nitrogens with zero attached hydrogens (tertiary/aromatic N) is 1. The van der Waals surface area contributed by atoms with Crippen LogP contribution < -0.4 is 5.32 Å². The fraction of sp³-hybridized carbons (Fsp3) is 0. The van der Waals surface area contributed by atoms with Crippen molar-refractivity contribution in [2.24, 2.45) is 0 Å². The topological polar surface area (TPSA) is 42.0 Å². The van der Waals surface area contributed by atoms with E-state index in [0.717, 1.165) is 6.07 Å². The van der Waals surface area contributed by atoms with E-state index in [9.17, 15) is 9.18 Å². The molecule has 0 spiro atoms. The summed E-state index contributed by atoms with van der Waals surface area (Å²) in [6.07, 6.45) is 3.02. The molecule has 6 heteroatoms. The first-order chi connectivity index (χ1) is 8.58. The van der Waals surface area contributed by atoms with E-state index in [2.05, 4.69) is 10.3 Å². The lowest BCUT2D eigenvalue weighted by atomic mass is 10.2. The molecule has 0 fully saturated rings. The number of amides is 1. The van der Waals surface area contributed by atoms with Crippen molar-refractivity contribution in [1.82, 2.24) is 4.98 Å². The summed E-state index contributed by atoms with van der Waals surface area (Å²) < 4.78 is 13.6. The third-order valence-corrected chi connectivity index (χ3v) is 2.90. The second kappa shape index (κ2) is 5.33. The van der Waals surface area contributed by atoms with Crippen LogP contribution in [0.5, 0.6) is 0 Å². The number of nitrogens with one attached hydrogen (secondary N) is 1. The Morgan fingerprint density at radius 2 is 2.00 bits per heavy atom. The summed E-state index contributed by atoms with van der Waals surface area (Å²) in [5.74, 6) is -1.34. The summed E-state index contributed by atoms with van der Waals surface area (Å²) in [6, 6.07) is 5.48. The van der Waals surface area contributed by atoms with Crippen LogP contribution in [0.25, 0.3) is 0 Å². The molecule has 0 aliphatic carbocycles. The van der Waals surface area contributed by atoms with Crippen molar-refractivity contribution < 1.29 is 9.18 Å². The zero-order chi connectivity index (χ0) is 13.1. The first-order valence-electron chi connectivity index (χ1n) is 4.94. The van der Waals surface area contributed by atoms with Crippen molar-refractivity contribution in [3.8, 4) is 0 Å². The van der Waals surface area contributed by atoms with Crippen molar-refractivity contribution >= 4 is 34.8 Å². The van der Waals surface area contributed by atoms with Crippen LogP contribution in [0.2, 0.25) is 10.0 Å². The second-order valence-electron chi connectivity index (χ2n) is 3.44. The molecule has 2 rings (SSSR count). The van der Waals surface area contributed by atoms with Crippen LogP contribution in [0.3, 0.4) is 0 Å². The van der Waals surface area contributed by atoms with Gasteiger partial charge in [0.1, 0.15) is 5.82 Å². The van der Waals surface area contributed by atoms with Gasteiger partial charge in [-0.15, -0.1) is 0 Å². The molecule has 18 heavy (non-hydrogen) atoms. The molecule has 1 aromatic carbocycles. The number of rotatable bonds is 2. The lowest BCUT2D eigenvalue weighted by molar-refractivity contribution is 0.102. The molecule has 0 bridgehead atoms. The van der Waals surface area contributed by atoms with Crippen LogP contribution in [0.4, 0.5) is 10.1 Å². The molecule has 2 aromatic rings. The Kier molecular flexibility index (Phi) is 3.79. The fourth-order valence-corrected chi connectivity index (χ4v) is 1.65. The Morgan fingerprint density at radius 1 is 1.28 bits per heavy atom. The van der Waals surface area contributed by atoms with E-state index in [-0.39, 0.29) is 15.6 Å². The Morgan fingerprint density at radius 3 is 2.67 bits per heavy atom. The highest BCUT2D eigenvalue weighted by Gasteiger charge is 2.14. The minimum atomic E-state index is -0.731. The van der Waals surface area contributed by atoms with Gasteiger partial charge in [0.05, 0.1) is 27.5 Å². The van der Waals surface area contributed by atoms with Crippen LogP contribution in [-0.4, -0.2) is 10.9 Å². The molecular weight excluding hydrogens is 278 g/mol. The maximum absolute atomic E-state index is 13.6. The van der Waals surface area contributed by atoms with E-state index in [0.29, 0.717) is 5.69 Å². The Bertz CT molecular complexity index is 590. The minimum Gasteiger partial charge on any atom is -0.320 e. The molecule has 0 saturated heterocycles. The summed E-state index contributed by atoms with van der Waals surface area (Å²) in [6.45, 7) is 0. The SMILES string of the molecule is O=C(Nc1cccnc1)c1cc(Cl)c(Cl)cc1F. The first kappa shape index (κ1) is 12.8. The van der Waals surface area contributed by atoms with Crippen molar-refractivity contribution in [3.05, 3.63) is 58.1 Å². The quantitative estimate of drug-likeness (QED) is 0.853. The van der Waals surface area contributed by atoms with Gasteiger partial charge in [-0.25, -0.2) is 4.39 Å². The van der Waals surface area contributed by atoms with Gasteiger partial charge in [-0.1, -0.05) is 23.2 Å². The highest BCUT2D eigenvalue weighted by Crippen LogP contribution is 2.25. The second-order valence-corrected chi connectivity index (χ2v) is 4.26. The molecular formula is C12H7Cl2FN2O. The van der Waals surface area contributed by atoms with Crippen LogP contribution >= 0.6 is 23.2 Å². The minimum absolute atomic E-state index is 0.0621. The van der Waals surface area contributed by atoms with Crippen LogP contribution in [0.1, 0.15) is 10.4 Å². The van der Waals surface area contributed by atoms with Crippen molar-refractivity contribution in [1.29, 1.82) is 0 Å². The molecule has 0 radical (unpaired) electrons. The van der Waals surface area contributed by atoms with Gasteiger partial charge in [0.25, 0.3) is 5.91 Å². The lowest BCUT2D eigenvalue weighted by Crippen LogP contribution is -2.13. The lowest BCUT2D eigenvalue weighted by Gasteiger charge is -2.06. The van der Waals surface area contributed by atoms with Crippen molar-refractivity contribution in [2.75, 3.05) is 5.32 Å². The fourth-order valence-electron chi connectivity index (χ4n) is 1.33. The predicted octanol–water partition coefficient (Wildman–Crippen LogP) is 3.78. The van der Waals surface area contributed by atoms with Crippen molar-refractivity contribution in [2.45, 2.75) is 0 Å². The summed E-state index contributed by atoms with van der Waals surface area (Å²) in [4.78, 5) is 15.6.